The van der Waals surface area contributed by atoms with E-state index in [-0.39, 0.29) is 5.91 Å². The summed E-state index contributed by atoms with van der Waals surface area (Å²) in [4.78, 5) is 16.3. The van der Waals surface area contributed by atoms with E-state index in [0.29, 0.717) is 18.7 Å². The molecule has 0 atom stereocenters. The van der Waals surface area contributed by atoms with E-state index in [1.54, 1.807) is 0 Å². The number of nitrogens with zero attached hydrogens (tertiary/aromatic N) is 3. The molecule has 1 N–H and O–H groups in total. The highest BCUT2D eigenvalue weighted by Crippen LogP contribution is 2.27. The first kappa shape index (κ1) is 13.0. The lowest BCUT2D eigenvalue weighted by Gasteiger charge is -2.32. The first-order valence-electron chi connectivity index (χ1n) is 7.12. The van der Waals surface area contributed by atoms with Crippen molar-refractivity contribution in [3.05, 3.63) is 29.8 Å². The van der Waals surface area contributed by atoms with Crippen LogP contribution in [0.5, 0.6) is 0 Å². The van der Waals surface area contributed by atoms with Gasteiger partial charge in [0.2, 0.25) is 5.91 Å². The van der Waals surface area contributed by atoms with Gasteiger partial charge in [-0.1, -0.05) is 23.4 Å². The third-order valence-electron chi connectivity index (χ3n) is 4.08. The number of carbonyl (C=O) groups is 1. The van der Waals surface area contributed by atoms with Crippen molar-refractivity contribution in [1.82, 2.24) is 4.90 Å². The Bertz CT molecular complexity index is 536. The van der Waals surface area contributed by atoms with Crippen LogP contribution in [0.1, 0.15) is 24.8 Å². The van der Waals surface area contributed by atoms with Crippen LogP contribution in [0.2, 0.25) is 0 Å². The van der Waals surface area contributed by atoms with Crippen LogP contribution in [0.4, 0.5) is 5.69 Å². The Morgan fingerprint density at radius 1 is 1.20 bits per heavy atom. The molecule has 1 aromatic rings. The number of oxime groups is 1. The van der Waals surface area contributed by atoms with E-state index in [1.165, 1.54) is 0 Å². The summed E-state index contributed by atoms with van der Waals surface area (Å²) in [6, 6.07) is 7.80. The highest BCUT2D eigenvalue weighted by Gasteiger charge is 2.26. The highest BCUT2D eigenvalue weighted by atomic mass is 16.4. The van der Waals surface area contributed by atoms with Crippen LogP contribution in [0, 0.1) is 0 Å². The molecule has 0 spiro atoms. The van der Waals surface area contributed by atoms with Crippen molar-refractivity contribution in [2.75, 3.05) is 31.1 Å². The minimum atomic E-state index is 0.196. The molecule has 2 heterocycles. The van der Waals surface area contributed by atoms with Crippen molar-refractivity contribution in [2.45, 2.75) is 19.3 Å². The molecule has 1 amide bonds. The van der Waals surface area contributed by atoms with Crippen LogP contribution >= 0.6 is 0 Å². The minimum Gasteiger partial charge on any atom is -0.411 e. The predicted octanol–water partition coefficient (Wildman–Crippen LogP) is 1.70. The topological polar surface area (TPSA) is 56.1 Å². The minimum absolute atomic E-state index is 0.196. The fourth-order valence-corrected chi connectivity index (χ4v) is 2.99. The van der Waals surface area contributed by atoms with Gasteiger partial charge in [0.05, 0.1) is 12.3 Å². The maximum atomic E-state index is 12.3. The summed E-state index contributed by atoms with van der Waals surface area (Å²) < 4.78 is 0. The maximum Gasteiger partial charge on any atom is 0.242 e. The zero-order chi connectivity index (χ0) is 13.9. The highest BCUT2D eigenvalue weighted by molar-refractivity contribution is 6.07. The van der Waals surface area contributed by atoms with Crippen LogP contribution in [0.25, 0.3) is 0 Å². The molecular weight excluding hydrogens is 254 g/mol. The van der Waals surface area contributed by atoms with Gasteiger partial charge in [-0.3, -0.25) is 4.79 Å². The summed E-state index contributed by atoms with van der Waals surface area (Å²) in [6.45, 7) is 2.90. The lowest BCUT2D eigenvalue weighted by atomic mass is 9.99. The first-order valence-corrected chi connectivity index (χ1v) is 7.12. The molecule has 3 rings (SSSR count). The van der Waals surface area contributed by atoms with Gasteiger partial charge < -0.3 is 15.0 Å². The summed E-state index contributed by atoms with van der Waals surface area (Å²) in [5, 5.41) is 12.4. The van der Waals surface area contributed by atoms with Gasteiger partial charge in [-0.25, -0.2) is 0 Å². The number of para-hydroxylation sites is 1. The summed E-state index contributed by atoms with van der Waals surface area (Å²) in [5.74, 6) is 0.196. The number of rotatable bonds is 2. The monoisotopic (exact) mass is 273 g/mol. The molecule has 1 aromatic carbocycles. The molecule has 20 heavy (non-hydrogen) atoms. The van der Waals surface area contributed by atoms with Crippen molar-refractivity contribution in [3.8, 4) is 0 Å². The molecule has 0 unspecified atom stereocenters. The summed E-state index contributed by atoms with van der Waals surface area (Å²) in [7, 11) is 0. The average molecular weight is 273 g/mol. The zero-order valence-electron chi connectivity index (χ0n) is 11.5. The van der Waals surface area contributed by atoms with Crippen molar-refractivity contribution < 1.29 is 10.0 Å². The van der Waals surface area contributed by atoms with Gasteiger partial charge in [-0.2, -0.15) is 0 Å². The molecule has 1 fully saturated rings. The Balaban J connectivity index is 1.79. The molecule has 5 nitrogen and oxygen atoms in total. The van der Waals surface area contributed by atoms with Gasteiger partial charge in [-0.05, 0) is 18.9 Å². The SMILES string of the molecule is O=C(CN1CCC(=NO)c2ccccc21)N1CCCC1. The molecule has 1 saturated heterocycles. The van der Waals surface area contributed by atoms with Crippen molar-refractivity contribution in [3.63, 3.8) is 0 Å². The number of benzene rings is 1. The second kappa shape index (κ2) is 5.53. The molecule has 5 heteroatoms. The summed E-state index contributed by atoms with van der Waals surface area (Å²) >= 11 is 0. The molecule has 106 valence electrons. The molecular formula is C15H19N3O2. The molecule has 0 bridgehead atoms. The molecule has 0 radical (unpaired) electrons. The number of likely N-dealkylation sites (tertiary alicyclic amines) is 1. The smallest absolute Gasteiger partial charge is 0.242 e. The second-order valence-corrected chi connectivity index (χ2v) is 5.32. The predicted molar refractivity (Wildman–Crippen MR) is 77.4 cm³/mol. The quantitative estimate of drug-likeness (QED) is 0.659. The second-order valence-electron chi connectivity index (χ2n) is 5.32. The van der Waals surface area contributed by atoms with Crippen LogP contribution in [-0.4, -0.2) is 47.9 Å². The van der Waals surface area contributed by atoms with Crippen LogP contribution in [0.3, 0.4) is 0 Å². The van der Waals surface area contributed by atoms with E-state index in [1.807, 2.05) is 29.2 Å². The fourth-order valence-electron chi connectivity index (χ4n) is 2.99. The normalized spacial score (nSPS) is 20.3. The van der Waals surface area contributed by atoms with Crippen LogP contribution < -0.4 is 4.90 Å². The molecule has 2 aliphatic rings. The van der Waals surface area contributed by atoms with Gasteiger partial charge in [0.15, 0.2) is 0 Å². The Labute approximate surface area is 118 Å². The largest absolute Gasteiger partial charge is 0.411 e. The molecule has 2 aliphatic heterocycles. The lowest BCUT2D eigenvalue weighted by molar-refractivity contribution is -0.128. The number of amides is 1. The fraction of sp³-hybridized carbons (Fsp3) is 0.467. The zero-order valence-corrected chi connectivity index (χ0v) is 11.5. The van der Waals surface area contributed by atoms with Gasteiger partial charge >= 0.3 is 0 Å². The van der Waals surface area contributed by atoms with Crippen LogP contribution in [-0.2, 0) is 4.79 Å². The standard InChI is InChI=1S/C15H19N3O2/c19-15(17-8-3-4-9-17)11-18-10-7-13(16-20)12-5-1-2-6-14(12)18/h1-2,5-6,20H,3-4,7-11H2. The molecule has 0 aromatic heterocycles. The Morgan fingerprint density at radius 3 is 2.70 bits per heavy atom. The van der Waals surface area contributed by atoms with E-state index in [0.717, 1.165) is 43.7 Å². The van der Waals surface area contributed by atoms with Gasteiger partial charge in [0.25, 0.3) is 0 Å². The van der Waals surface area contributed by atoms with Gasteiger partial charge in [-0.15, -0.1) is 0 Å². The maximum absolute atomic E-state index is 12.3. The van der Waals surface area contributed by atoms with Gasteiger partial charge in [0.1, 0.15) is 0 Å². The number of carbonyl (C=O) groups excluding carboxylic acids is 1. The van der Waals surface area contributed by atoms with E-state index < -0.39 is 0 Å². The third-order valence-corrected chi connectivity index (χ3v) is 4.08. The molecule has 0 saturated carbocycles. The number of fused-ring (bicyclic) bond motifs is 1. The first-order chi connectivity index (χ1) is 9.79. The summed E-state index contributed by atoms with van der Waals surface area (Å²) in [6.07, 6.45) is 2.90. The van der Waals surface area contributed by atoms with E-state index in [2.05, 4.69) is 10.1 Å². The average Bonchev–Trinajstić information content (AvgIpc) is 3.02. The van der Waals surface area contributed by atoms with Crippen molar-refractivity contribution >= 4 is 17.3 Å². The van der Waals surface area contributed by atoms with Crippen molar-refractivity contribution in [1.29, 1.82) is 0 Å². The van der Waals surface area contributed by atoms with Crippen LogP contribution in [0.15, 0.2) is 29.4 Å². The lowest BCUT2D eigenvalue weighted by Crippen LogP contribution is -2.42. The van der Waals surface area contributed by atoms with E-state index in [9.17, 15) is 4.79 Å². The van der Waals surface area contributed by atoms with Gasteiger partial charge in [0, 0.05) is 37.3 Å². The summed E-state index contributed by atoms with van der Waals surface area (Å²) in [5.41, 5.74) is 2.61. The Morgan fingerprint density at radius 2 is 1.95 bits per heavy atom. The third kappa shape index (κ3) is 2.35. The Kier molecular flexibility index (Phi) is 3.58. The van der Waals surface area contributed by atoms with E-state index in [4.69, 9.17) is 5.21 Å². The Hall–Kier alpha value is -2.04. The van der Waals surface area contributed by atoms with E-state index >= 15 is 0 Å². The van der Waals surface area contributed by atoms with Crippen molar-refractivity contribution in [2.24, 2.45) is 5.16 Å². The number of hydrogen-bond acceptors (Lipinski definition) is 4. The number of anilines is 1. The molecule has 0 aliphatic carbocycles. The number of hydrogen-bond donors (Lipinski definition) is 1.